The van der Waals surface area contributed by atoms with Gasteiger partial charge in [-0.05, 0) is 55.7 Å². The highest BCUT2D eigenvalue weighted by Crippen LogP contribution is 2.26. The van der Waals surface area contributed by atoms with E-state index in [1.165, 1.54) is 11.6 Å². The van der Waals surface area contributed by atoms with Crippen LogP contribution in [-0.2, 0) is 0 Å². The Balaban J connectivity index is 2.26. The number of ether oxygens (including phenoxy) is 1. The molecule has 2 rings (SSSR count). The summed E-state index contributed by atoms with van der Waals surface area (Å²) in [6.07, 6.45) is -0.268. The molecule has 0 saturated heterocycles. The first-order valence-corrected chi connectivity index (χ1v) is 6.71. The predicted molar refractivity (Wildman–Crippen MR) is 79.5 cm³/mol. The van der Waals surface area contributed by atoms with Crippen LogP contribution < -0.4 is 10.5 Å². The molecule has 0 spiro atoms. The van der Waals surface area contributed by atoms with Crippen LogP contribution in [0, 0.1) is 26.6 Å². The van der Waals surface area contributed by atoms with Crippen molar-refractivity contribution >= 4 is 0 Å². The van der Waals surface area contributed by atoms with Crippen LogP contribution in [0.2, 0.25) is 0 Å². The zero-order valence-corrected chi connectivity index (χ0v) is 12.1. The van der Waals surface area contributed by atoms with Crippen LogP contribution in [0.15, 0.2) is 36.4 Å². The molecule has 0 radical (unpaired) electrons. The fraction of sp³-hybridized carbons (Fsp3) is 0.294. The Morgan fingerprint density at radius 1 is 1.05 bits per heavy atom. The van der Waals surface area contributed by atoms with Crippen LogP contribution in [0.1, 0.15) is 28.4 Å². The highest BCUT2D eigenvalue weighted by molar-refractivity contribution is 5.36. The van der Waals surface area contributed by atoms with Crippen LogP contribution >= 0.6 is 0 Å². The third-order valence-corrected chi connectivity index (χ3v) is 3.37. The van der Waals surface area contributed by atoms with Gasteiger partial charge in [0, 0.05) is 6.54 Å². The lowest BCUT2D eigenvalue weighted by molar-refractivity contribution is 0.212. The average Bonchev–Trinajstić information content (AvgIpc) is 2.41. The minimum atomic E-state index is -0.268. The van der Waals surface area contributed by atoms with Gasteiger partial charge in [0.1, 0.15) is 17.7 Å². The van der Waals surface area contributed by atoms with Crippen molar-refractivity contribution in [1.29, 1.82) is 0 Å². The smallest absolute Gasteiger partial charge is 0.136 e. The Labute approximate surface area is 119 Å². The Kier molecular flexibility index (Phi) is 4.40. The zero-order valence-electron chi connectivity index (χ0n) is 12.1. The van der Waals surface area contributed by atoms with E-state index in [9.17, 15) is 4.39 Å². The maximum atomic E-state index is 13.3. The summed E-state index contributed by atoms with van der Waals surface area (Å²) in [4.78, 5) is 0. The highest BCUT2D eigenvalue weighted by Gasteiger charge is 2.14. The second kappa shape index (κ2) is 6.06. The number of hydrogen-bond acceptors (Lipinski definition) is 2. The van der Waals surface area contributed by atoms with Gasteiger partial charge in [0.15, 0.2) is 0 Å². The monoisotopic (exact) mass is 273 g/mol. The van der Waals surface area contributed by atoms with Gasteiger partial charge in [-0.1, -0.05) is 23.8 Å². The van der Waals surface area contributed by atoms with E-state index in [0.717, 1.165) is 16.9 Å². The molecular formula is C17H20FNO. The second-order valence-electron chi connectivity index (χ2n) is 5.12. The largest absolute Gasteiger partial charge is 0.484 e. The summed E-state index contributed by atoms with van der Waals surface area (Å²) < 4.78 is 19.3. The number of rotatable bonds is 4. The highest BCUT2D eigenvalue weighted by atomic mass is 19.1. The minimum absolute atomic E-state index is 0.212. The fourth-order valence-electron chi connectivity index (χ4n) is 2.21. The number of benzene rings is 2. The SMILES string of the molecule is Cc1ccc(OC(CN)c2ccc(F)c(C)c2)c(C)c1. The number of hydrogen-bond donors (Lipinski definition) is 1. The Morgan fingerprint density at radius 3 is 2.40 bits per heavy atom. The van der Waals surface area contributed by atoms with Gasteiger partial charge in [0.2, 0.25) is 0 Å². The first-order valence-electron chi connectivity index (χ1n) is 6.71. The third-order valence-electron chi connectivity index (χ3n) is 3.37. The summed E-state index contributed by atoms with van der Waals surface area (Å²) in [6.45, 7) is 6.13. The Morgan fingerprint density at radius 2 is 1.80 bits per heavy atom. The van der Waals surface area contributed by atoms with Crippen molar-refractivity contribution < 1.29 is 9.13 Å². The summed E-state index contributed by atoms with van der Waals surface area (Å²) in [5.74, 6) is 0.601. The molecule has 0 heterocycles. The molecule has 106 valence electrons. The van der Waals surface area contributed by atoms with Crippen LogP contribution in [0.5, 0.6) is 5.75 Å². The van der Waals surface area contributed by atoms with Gasteiger partial charge in [-0.3, -0.25) is 0 Å². The topological polar surface area (TPSA) is 35.2 Å². The van der Waals surface area contributed by atoms with E-state index in [4.69, 9.17) is 10.5 Å². The molecule has 0 fully saturated rings. The number of aryl methyl sites for hydroxylation is 3. The lowest BCUT2D eigenvalue weighted by Gasteiger charge is -2.20. The molecule has 0 amide bonds. The van der Waals surface area contributed by atoms with Crippen molar-refractivity contribution in [2.24, 2.45) is 5.73 Å². The molecule has 2 aromatic carbocycles. The van der Waals surface area contributed by atoms with Crippen molar-refractivity contribution in [3.63, 3.8) is 0 Å². The molecule has 2 aromatic rings. The molecule has 2 nitrogen and oxygen atoms in total. The summed E-state index contributed by atoms with van der Waals surface area (Å²) in [6, 6.07) is 11.0. The summed E-state index contributed by atoms with van der Waals surface area (Å²) >= 11 is 0. The first kappa shape index (κ1) is 14.5. The van der Waals surface area contributed by atoms with Crippen molar-refractivity contribution in [2.45, 2.75) is 26.9 Å². The lowest BCUT2D eigenvalue weighted by atomic mass is 10.1. The van der Waals surface area contributed by atoms with E-state index in [1.54, 1.807) is 19.1 Å². The van der Waals surface area contributed by atoms with Crippen LogP contribution in [-0.4, -0.2) is 6.54 Å². The van der Waals surface area contributed by atoms with Gasteiger partial charge in [0.25, 0.3) is 0 Å². The lowest BCUT2D eigenvalue weighted by Crippen LogP contribution is -2.19. The summed E-state index contributed by atoms with van der Waals surface area (Å²) in [7, 11) is 0. The van der Waals surface area contributed by atoms with Crippen LogP contribution in [0.25, 0.3) is 0 Å². The molecule has 0 saturated carbocycles. The van der Waals surface area contributed by atoms with E-state index >= 15 is 0 Å². The van der Waals surface area contributed by atoms with Crippen molar-refractivity contribution in [1.82, 2.24) is 0 Å². The fourth-order valence-corrected chi connectivity index (χ4v) is 2.21. The zero-order chi connectivity index (χ0) is 14.7. The second-order valence-corrected chi connectivity index (χ2v) is 5.12. The van der Waals surface area contributed by atoms with E-state index in [0.29, 0.717) is 12.1 Å². The normalized spacial score (nSPS) is 12.2. The Bertz CT molecular complexity index is 610. The van der Waals surface area contributed by atoms with E-state index < -0.39 is 0 Å². The van der Waals surface area contributed by atoms with Gasteiger partial charge in [-0.2, -0.15) is 0 Å². The molecule has 20 heavy (non-hydrogen) atoms. The minimum Gasteiger partial charge on any atom is -0.484 e. The maximum absolute atomic E-state index is 13.3. The molecular weight excluding hydrogens is 253 g/mol. The summed E-state index contributed by atoms with van der Waals surface area (Å²) in [5.41, 5.74) is 9.56. The Hall–Kier alpha value is -1.87. The van der Waals surface area contributed by atoms with Gasteiger partial charge in [0.05, 0.1) is 0 Å². The quantitative estimate of drug-likeness (QED) is 0.918. The molecule has 0 aromatic heterocycles. The van der Waals surface area contributed by atoms with Crippen LogP contribution in [0.3, 0.4) is 0 Å². The van der Waals surface area contributed by atoms with Gasteiger partial charge >= 0.3 is 0 Å². The number of halogens is 1. The molecule has 1 unspecified atom stereocenters. The molecule has 0 aliphatic rings. The van der Waals surface area contributed by atoms with E-state index in [-0.39, 0.29) is 11.9 Å². The van der Waals surface area contributed by atoms with Crippen molar-refractivity contribution in [3.05, 3.63) is 64.5 Å². The molecule has 0 bridgehead atoms. The number of nitrogens with two attached hydrogens (primary N) is 1. The molecule has 0 aliphatic heterocycles. The van der Waals surface area contributed by atoms with Crippen molar-refractivity contribution in [3.8, 4) is 5.75 Å². The third kappa shape index (κ3) is 3.17. The van der Waals surface area contributed by atoms with Crippen molar-refractivity contribution in [2.75, 3.05) is 6.54 Å². The molecule has 2 N–H and O–H groups in total. The van der Waals surface area contributed by atoms with E-state index in [2.05, 4.69) is 6.07 Å². The average molecular weight is 273 g/mol. The molecule has 3 heteroatoms. The van der Waals surface area contributed by atoms with E-state index in [1.807, 2.05) is 26.0 Å². The summed E-state index contributed by atoms with van der Waals surface area (Å²) in [5, 5.41) is 0. The van der Waals surface area contributed by atoms with Gasteiger partial charge < -0.3 is 10.5 Å². The van der Waals surface area contributed by atoms with Crippen LogP contribution in [0.4, 0.5) is 4.39 Å². The molecule has 1 atom stereocenters. The standard InChI is InChI=1S/C17H20FNO/c1-11-4-7-16(13(3)8-11)20-17(10-19)14-5-6-15(18)12(2)9-14/h4-9,17H,10,19H2,1-3H3. The predicted octanol–water partition coefficient (Wildman–Crippen LogP) is 3.83. The first-order chi connectivity index (χ1) is 9.51. The van der Waals surface area contributed by atoms with Gasteiger partial charge in [-0.15, -0.1) is 0 Å². The maximum Gasteiger partial charge on any atom is 0.136 e. The van der Waals surface area contributed by atoms with Gasteiger partial charge in [-0.25, -0.2) is 4.39 Å². The molecule has 0 aliphatic carbocycles.